The number of nitrogens with zero attached hydrogens (tertiary/aromatic N) is 3. The third-order valence-electron chi connectivity index (χ3n) is 5.33. The van der Waals surface area contributed by atoms with E-state index in [4.69, 9.17) is 10.5 Å². The average molecular weight is 469 g/mol. The maximum absolute atomic E-state index is 11.6. The van der Waals surface area contributed by atoms with E-state index < -0.39 is 6.04 Å². The van der Waals surface area contributed by atoms with E-state index in [1.165, 1.54) is 0 Å². The molecule has 0 radical (unpaired) electrons. The van der Waals surface area contributed by atoms with Crippen molar-refractivity contribution >= 4 is 34.4 Å². The minimum absolute atomic E-state index is 0.185. The van der Waals surface area contributed by atoms with Crippen LogP contribution in [0.3, 0.4) is 0 Å². The van der Waals surface area contributed by atoms with Gasteiger partial charge < -0.3 is 21.1 Å². The van der Waals surface area contributed by atoms with Crippen LogP contribution in [0.2, 0.25) is 0 Å². The Hall–Kier alpha value is -4.30. The van der Waals surface area contributed by atoms with Crippen molar-refractivity contribution in [1.82, 2.24) is 20.3 Å². The average Bonchev–Trinajstić information content (AvgIpc) is 2.85. The molecule has 4 rings (SSSR count). The van der Waals surface area contributed by atoms with Crippen LogP contribution in [0.5, 0.6) is 11.5 Å². The molecule has 2 aromatic heterocycles. The van der Waals surface area contributed by atoms with Gasteiger partial charge in [0.1, 0.15) is 23.6 Å². The van der Waals surface area contributed by atoms with Gasteiger partial charge in [0.15, 0.2) is 0 Å². The van der Waals surface area contributed by atoms with Crippen LogP contribution < -0.4 is 21.1 Å². The number of rotatable bonds is 8. The monoisotopic (exact) mass is 468 g/mol. The molecule has 0 saturated carbocycles. The second-order valence-corrected chi connectivity index (χ2v) is 8.28. The first-order valence-corrected chi connectivity index (χ1v) is 11.3. The molecular weight excluding hydrogens is 440 g/mol. The van der Waals surface area contributed by atoms with E-state index in [0.717, 1.165) is 39.2 Å². The van der Waals surface area contributed by atoms with E-state index >= 15 is 0 Å². The predicted octanol–water partition coefficient (Wildman–Crippen LogP) is 4.65. The predicted molar refractivity (Wildman–Crippen MR) is 139 cm³/mol. The zero-order chi connectivity index (χ0) is 24.8. The van der Waals surface area contributed by atoms with E-state index in [-0.39, 0.29) is 5.91 Å². The molecular formula is C27H28N6O2. The molecule has 4 aromatic rings. The fraction of sp³-hybridized carbons (Fsp3) is 0.185. The SMILES string of the molecule is Cc1ccc(Oc2ccc(Nc3ncnc4ccc(/C=C/CNC(=O)C(C)N)cc34)cc2C)cn1. The lowest BCUT2D eigenvalue weighted by atomic mass is 10.1. The highest BCUT2D eigenvalue weighted by atomic mass is 16.5. The van der Waals surface area contributed by atoms with Crippen molar-refractivity contribution in [2.75, 3.05) is 11.9 Å². The minimum atomic E-state index is -0.529. The van der Waals surface area contributed by atoms with Crippen molar-refractivity contribution in [3.63, 3.8) is 0 Å². The van der Waals surface area contributed by atoms with E-state index in [2.05, 4.69) is 25.6 Å². The van der Waals surface area contributed by atoms with Gasteiger partial charge in [-0.3, -0.25) is 9.78 Å². The summed E-state index contributed by atoms with van der Waals surface area (Å²) in [6, 6.07) is 15.1. The normalized spacial score (nSPS) is 12.0. The molecule has 2 heterocycles. The van der Waals surface area contributed by atoms with Gasteiger partial charge in [-0.15, -0.1) is 0 Å². The van der Waals surface area contributed by atoms with Gasteiger partial charge in [-0.05, 0) is 74.4 Å². The third-order valence-corrected chi connectivity index (χ3v) is 5.33. The number of nitrogens with one attached hydrogen (secondary N) is 2. The lowest BCUT2D eigenvalue weighted by Crippen LogP contribution is -2.38. The summed E-state index contributed by atoms with van der Waals surface area (Å²) in [5.41, 5.74) is 10.2. The van der Waals surface area contributed by atoms with Gasteiger partial charge in [-0.2, -0.15) is 0 Å². The second kappa shape index (κ2) is 10.8. The molecule has 0 spiro atoms. The maximum Gasteiger partial charge on any atom is 0.236 e. The van der Waals surface area contributed by atoms with Gasteiger partial charge in [0.2, 0.25) is 5.91 Å². The summed E-state index contributed by atoms with van der Waals surface area (Å²) in [6.45, 7) is 5.99. The highest BCUT2D eigenvalue weighted by Crippen LogP contribution is 2.30. The van der Waals surface area contributed by atoms with Crippen LogP contribution in [-0.2, 0) is 4.79 Å². The summed E-state index contributed by atoms with van der Waals surface area (Å²) in [7, 11) is 0. The lowest BCUT2D eigenvalue weighted by molar-refractivity contribution is -0.121. The van der Waals surface area contributed by atoms with Crippen molar-refractivity contribution in [2.45, 2.75) is 26.8 Å². The molecule has 0 fully saturated rings. The number of hydrogen-bond acceptors (Lipinski definition) is 7. The zero-order valence-electron chi connectivity index (χ0n) is 19.9. The first-order chi connectivity index (χ1) is 16.9. The number of benzene rings is 2. The van der Waals surface area contributed by atoms with Crippen LogP contribution in [0.1, 0.15) is 23.7 Å². The number of aryl methyl sites for hydroxylation is 2. The molecule has 8 heteroatoms. The largest absolute Gasteiger partial charge is 0.455 e. The lowest BCUT2D eigenvalue weighted by Gasteiger charge is -2.12. The molecule has 8 nitrogen and oxygen atoms in total. The Bertz CT molecular complexity index is 1370. The van der Waals surface area contributed by atoms with Crippen molar-refractivity contribution in [1.29, 1.82) is 0 Å². The Morgan fingerprint density at radius 3 is 2.69 bits per heavy atom. The Morgan fingerprint density at radius 1 is 1.09 bits per heavy atom. The summed E-state index contributed by atoms with van der Waals surface area (Å²) in [5, 5.41) is 7.04. The minimum Gasteiger partial charge on any atom is -0.455 e. The maximum atomic E-state index is 11.6. The number of amides is 1. The summed E-state index contributed by atoms with van der Waals surface area (Å²) in [4.78, 5) is 24.7. The van der Waals surface area contributed by atoms with Crippen molar-refractivity contribution < 1.29 is 9.53 Å². The highest BCUT2D eigenvalue weighted by molar-refractivity contribution is 5.92. The molecule has 0 aliphatic carbocycles. The number of aromatic nitrogens is 3. The molecule has 1 unspecified atom stereocenters. The Balaban J connectivity index is 1.50. The Morgan fingerprint density at radius 2 is 1.94 bits per heavy atom. The summed E-state index contributed by atoms with van der Waals surface area (Å²) in [6.07, 6.45) is 7.07. The number of nitrogens with two attached hydrogens (primary N) is 1. The van der Waals surface area contributed by atoms with E-state index in [1.807, 2.05) is 74.5 Å². The molecule has 0 bridgehead atoms. The van der Waals surface area contributed by atoms with Gasteiger partial charge in [-0.1, -0.05) is 18.2 Å². The molecule has 0 saturated heterocycles. The Kier molecular flexibility index (Phi) is 7.32. The van der Waals surface area contributed by atoms with E-state index in [0.29, 0.717) is 18.1 Å². The highest BCUT2D eigenvalue weighted by Gasteiger charge is 2.08. The quantitative estimate of drug-likeness (QED) is 0.345. The van der Waals surface area contributed by atoms with Crippen LogP contribution in [0.15, 0.2) is 67.1 Å². The van der Waals surface area contributed by atoms with Crippen LogP contribution in [0.4, 0.5) is 11.5 Å². The number of fused-ring (bicyclic) bond motifs is 1. The third kappa shape index (κ3) is 6.18. The van der Waals surface area contributed by atoms with Crippen LogP contribution in [0.25, 0.3) is 17.0 Å². The smallest absolute Gasteiger partial charge is 0.236 e. The Labute approximate surface area is 204 Å². The number of anilines is 2. The van der Waals surface area contributed by atoms with Gasteiger partial charge >= 0.3 is 0 Å². The molecule has 35 heavy (non-hydrogen) atoms. The van der Waals surface area contributed by atoms with Gasteiger partial charge in [0.05, 0.1) is 17.8 Å². The molecule has 0 aliphatic rings. The number of ether oxygens (including phenoxy) is 1. The molecule has 178 valence electrons. The van der Waals surface area contributed by atoms with Crippen LogP contribution in [0, 0.1) is 13.8 Å². The van der Waals surface area contributed by atoms with E-state index in [1.54, 1.807) is 19.4 Å². The van der Waals surface area contributed by atoms with E-state index in [9.17, 15) is 4.79 Å². The number of carbonyl (C=O) groups is 1. The molecule has 1 amide bonds. The van der Waals surface area contributed by atoms with Crippen molar-refractivity contribution in [3.8, 4) is 11.5 Å². The fourth-order valence-electron chi connectivity index (χ4n) is 3.41. The standard InChI is InChI=1S/C27H28N6O2/c1-17-13-21(8-11-25(17)35-22-9-6-18(2)30-15-22)33-26-23-14-20(7-10-24(23)31-16-32-26)5-4-12-29-27(34)19(3)28/h4-11,13-16,19H,12,28H2,1-3H3,(H,29,34)(H,31,32,33)/b5-4+. The topological polar surface area (TPSA) is 115 Å². The molecule has 2 aromatic carbocycles. The van der Waals surface area contributed by atoms with Gasteiger partial charge in [0, 0.05) is 23.3 Å². The first kappa shape index (κ1) is 23.8. The molecule has 1 atom stereocenters. The van der Waals surface area contributed by atoms with Crippen molar-refractivity contribution in [2.24, 2.45) is 5.73 Å². The summed E-state index contributed by atoms with van der Waals surface area (Å²) in [5.74, 6) is 1.97. The van der Waals surface area contributed by atoms with Gasteiger partial charge in [0.25, 0.3) is 0 Å². The summed E-state index contributed by atoms with van der Waals surface area (Å²) >= 11 is 0. The summed E-state index contributed by atoms with van der Waals surface area (Å²) < 4.78 is 5.97. The number of pyridine rings is 1. The van der Waals surface area contributed by atoms with Crippen molar-refractivity contribution in [3.05, 3.63) is 84.0 Å². The van der Waals surface area contributed by atoms with Gasteiger partial charge in [-0.25, -0.2) is 9.97 Å². The first-order valence-electron chi connectivity index (χ1n) is 11.3. The number of carbonyl (C=O) groups excluding carboxylic acids is 1. The zero-order valence-corrected chi connectivity index (χ0v) is 19.9. The second-order valence-electron chi connectivity index (χ2n) is 8.28. The number of hydrogen-bond donors (Lipinski definition) is 3. The fourth-order valence-corrected chi connectivity index (χ4v) is 3.41. The van der Waals surface area contributed by atoms with Crippen LogP contribution >= 0.6 is 0 Å². The molecule has 4 N–H and O–H groups in total. The van der Waals surface area contributed by atoms with Crippen LogP contribution in [-0.4, -0.2) is 33.4 Å². The molecule has 0 aliphatic heterocycles.